The summed E-state index contributed by atoms with van der Waals surface area (Å²) in [5, 5.41) is 0. The lowest BCUT2D eigenvalue weighted by Crippen LogP contribution is -2.18. The highest BCUT2D eigenvalue weighted by atomic mass is 28.1. The van der Waals surface area contributed by atoms with E-state index in [1.54, 1.807) is 0 Å². The van der Waals surface area contributed by atoms with Crippen LogP contribution in [0.3, 0.4) is 0 Å². The molecule has 4 N–H and O–H groups in total. The number of rotatable bonds is 0. The molecule has 0 saturated carbocycles. The molecule has 0 heterocycles. The van der Waals surface area contributed by atoms with E-state index in [0.29, 0.717) is 0 Å². The fourth-order valence-corrected chi connectivity index (χ4v) is 0. The standard InChI is InChI=1S/CH4N2O.Si/c2-1(3)4;/h(H4,2,3,4);. The van der Waals surface area contributed by atoms with Crippen LogP contribution in [0, 0.1) is 0 Å². The van der Waals surface area contributed by atoms with Crippen LogP contribution in [0.15, 0.2) is 0 Å². The maximum Gasteiger partial charge on any atom is 0.309 e. The van der Waals surface area contributed by atoms with Crippen molar-refractivity contribution in [2.24, 2.45) is 11.5 Å². The van der Waals surface area contributed by atoms with E-state index in [0.717, 1.165) is 0 Å². The second-order valence-corrected chi connectivity index (χ2v) is 0.402. The lowest BCUT2D eigenvalue weighted by Gasteiger charge is -1.62. The first kappa shape index (κ1) is 8.82. The molecule has 0 aromatic carbocycles. The first-order chi connectivity index (χ1) is 1.73. The van der Waals surface area contributed by atoms with Crippen LogP contribution >= 0.6 is 0 Å². The van der Waals surface area contributed by atoms with Crippen LogP contribution in [-0.4, -0.2) is 17.0 Å². The number of carbonyl (C=O) groups is 1. The molecule has 0 unspecified atom stereocenters. The molecule has 0 aliphatic carbocycles. The van der Waals surface area contributed by atoms with Crippen LogP contribution in [0.4, 0.5) is 4.79 Å². The van der Waals surface area contributed by atoms with E-state index in [1.165, 1.54) is 0 Å². The van der Waals surface area contributed by atoms with Gasteiger partial charge in [0, 0.05) is 11.0 Å². The maximum atomic E-state index is 9.00. The highest BCUT2D eigenvalue weighted by Crippen LogP contribution is 1.25. The van der Waals surface area contributed by atoms with Gasteiger partial charge in [0.15, 0.2) is 0 Å². The maximum absolute atomic E-state index is 9.00. The summed E-state index contributed by atoms with van der Waals surface area (Å²) in [6.07, 6.45) is 0. The van der Waals surface area contributed by atoms with Crippen LogP contribution in [-0.2, 0) is 0 Å². The summed E-state index contributed by atoms with van der Waals surface area (Å²) in [5.41, 5.74) is 8.50. The molecular formula is CH4N2OSi. The quantitative estimate of drug-likeness (QED) is 0.353. The van der Waals surface area contributed by atoms with E-state index in [-0.39, 0.29) is 11.0 Å². The van der Waals surface area contributed by atoms with E-state index >= 15 is 0 Å². The second-order valence-electron chi connectivity index (χ2n) is 0.402. The smallest absolute Gasteiger partial charge is 0.309 e. The van der Waals surface area contributed by atoms with E-state index in [4.69, 9.17) is 4.79 Å². The molecule has 0 bridgehead atoms. The second kappa shape index (κ2) is 3.49. The Morgan fingerprint density at radius 3 is 1.40 bits per heavy atom. The van der Waals surface area contributed by atoms with Crippen LogP contribution in [0.2, 0.25) is 0 Å². The molecule has 4 radical (unpaired) electrons. The normalized spacial score (nSPS) is 4.80. The van der Waals surface area contributed by atoms with Crippen molar-refractivity contribution < 1.29 is 4.79 Å². The third-order valence-corrected chi connectivity index (χ3v) is 0. The summed E-state index contributed by atoms with van der Waals surface area (Å²) >= 11 is 0. The number of primary amides is 2. The van der Waals surface area contributed by atoms with Gasteiger partial charge in [-0.3, -0.25) is 0 Å². The Bertz CT molecular complexity index is 32.6. The average molecular weight is 88.1 g/mol. The molecule has 28 valence electrons. The molecule has 0 atom stereocenters. The van der Waals surface area contributed by atoms with Crippen molar-refractivity contribution in [3.05, 3.63) is 0 Å². The van der Waals surface area contributed by atoms with Gasteiger partial charge >= 0.3 is 6.03 Å². The largest absolute Gasteiger partial charge is 0.352 e. The Kier molecular flexibility index (Phi) is 6.15. The number of hydrogen-bond donors (Lipinski definition) is 2. The molecule has 0 aliphatic heterocycles. The summed E-state index contributed by atoms with van der Waals surface area (Å²) in [7, 11) is 0. The third kappa shape index (κ3) is 29.3. The monoisotopic (exact) mass is 88.0 g/mol. The summed E-state index contributed by atoms with van der Waals surface area (Å²) in [5.74, 6) is 0. The number of nitrogens with two attached hydrogens (primary N) is 2. The van der Waals surface area contributed by atoms with Crippen molar-refractivity contribution in [1.82, 2.24) is 0 Å². The highest BCUT2D eigenvalue weighted by Gasteiger charge is 1.60. The van der Waals surface area contributed by atoms with Gasteiger partial charge in [-0.25, -0.2) is 4.79 Å². The van der Waals surface area contributed by atoms with E-state index in [9.17, 15) is 0 Å². The zero-order valence-electron chi connectivity index (χ0n) is 2.56. The molecular weight excluding hydrogens is 84.1 g/mol. The number of carbonyl (C=O) groups excluding carboxylic acids is 1. The van der Waals surface area contributed by atoms with Crippen molar-refractivity contribution in [1.29, 1.82) is 0 Å². The van der Waals surface area contributed by atoms with Gasteiger partial charge in [0.05, 0.1) is 0 Å². The van der Waals surface area contributed by atoms with E-state index < -0.39 is 6.03 Å². The molecule has 4 heteroatoms. The van der Waals surface area contributed by atoms with Crippen molar-refractivity contribution in [3.8, 4) is 0 Å². The fourth-order valence-electron chi connectivity index (χ4n) is 0. The van der Waals surface area contributed by atoms with Crippen molar-refractivity contribution in [2.75, 3.05) is 0 Å². The average Bonchev–Trinajstić information content (AvgIpc) is 0.811. The number of hydrogen-bond acceptors (Lipinski definition) is 1. The van der Waals surface area contributed by atoms with Crippen LogP contribution in [0.25, 0.3) is 0 Å². The van der Waals surface area contributed by atoms with Crippen molar-refractivity contribution >= 4 is 17.0 Å². The number of urea groups is 1. The number of amides is 2. The van der Waals surface area contributed by atoms with Gasteiger partial charge in [-0.2, -0.15) is 0 Å². The van der Waals surface area contributed by atoms with Gasteiger partial charge in [0.25, 0.3) is 0 Å². The van der Waals surface area contributed by atoms with Gasteiger partial charge in [0.1, 0.15) is 0 Å². The summed E-state index contributed by atoms with van der Waals surface area (Å²) in [4.78, 5) is 9.00. The van der Waals surface area contributed by atoms with Gasteiger partial charge in [-0.1, -0.05) is 0 Å². The van der Waals surface area contributed by atoms with Crippen LogP contribution in [0.5, 0.6) is 0 Å². The predicted molar refractivity (Wildman–Crippen MR) is 19.5 cm³/mol. The third-order valence-electron chi connectivity index (χ3n) is 0. The van der Waals surface area contributed by atoms with E-state index in [2.05, 4.69) is 11.5 Å². The molecule has 0 fully saturated rings. The minimum absolute atomic E-state index is 0. The zero-order valence-corrected chi connectivity index (χ0v) is 3.56. The minimum atomic E-state index is -0.833. The summed E-state index contributed by atoms with van der Waals surface area (Å²) in [6, 6.07) is -0.833. The Labute approximate surface area is 34.4 Å². The summed E-state index contributed by atoms with van der Waals surface area (Å²) in [6.45, 7) is 0. The molecule has 5 heavy (non-hydrogen) atoms. The molecule has 0 aromatic heterocycles. The molecule has 0 aliphatic rings. The Morgan fingerprint density at radius 2 is 1.40 bits per heavy atom. The highest BCUT2D eigenvalue weighted by molar-refractivity contribution is 5.75. The minimum Gasteiger partial charge on any atom is -0.352 e. The Balaban J connectivity index is 0. The lowest BCUT2D eigenvalue weighted by molar-refractivity contribution is 0.256. The van der Waals surface area contributed by atoms with Crippen molar-refractivity contribution in [2.45, 2.75) is 0 Å². The Hall–Kier alpha value is -0.513. The predicted octanol–water partition coefficient (Wildman–Crippen LogP) is -1.36. The topological polar surface area (TPSA) is 69.1 Å². The van der Waals surface area contributed by atoms with Crippen molar-refractivity contribution in [3.63, 3.8) is 0 Å². The van der Waals surface area contributed by atoms with Gasteiger partial charge in [-0.05, 0) is 0 Å². The first-order valence-electron chi connectivity index (χ1n) is 0.781. The lowest BCUT2D eigenvalue weighted by atomic mass is 11.2. The first-order valence-corrected chi connectivity index (χ1v) is 0.781. The van der Waals surface area contributed by atoms with E-state index in [1.807, 2.05) is 0 Å². The molecule has 0 spiro atoms. The summed E-state index contributed by atoms with van der Waals surface area (Å²) < 4.78 is 0. The SMILES string of the molecule is NC(N)=O.[Si]. The van der Waals surface area contributed by atoms with Gasteiger partial charge in [-0.15, -0.1) is 0 Å². The molecule has 3 nitrogen and oxygen atoms in total. The Morgan fingerprint density at radius 1 is 1.40 bits per heavy atom. The fraction of sp³-hybridized carbons (Fsp3) is 0. The molecule has 0 saturated heterocycles. The van der Waals surface area contributed by atoms with Gasteiger partial charge in [0.2, 0.25) is 0 Å². The van der Waals surface area contributed by atoms with Crippen LogP contribution < -0.4 is 11.5 Å². The molecule has 2 amide bonds. The molecule has 0 rings (SSSR count). The molecule has 0 aromatic rings. The van der Waals surface area contributed by atoms with Gasteiger partial charge < -0.3 is 11.5 Å². The zero-order chi connectivity index (χ0) is 3.58. The van der Waals surface area contributed by atoms with Crippen LogP contribution in [0.1, 0.15) is 0 Å².